The minimum atomic E-state index is -1.42. The van der Waals surface area contributed by atoms with Gasteiger partial charge in [-0.1, -0.05) is 103 Å². The molecule has 8 aromatic rings. The number of unbranched alkanes of at least 4 members (excludes halogenated alkanes) is 3. The predicted octanol–water partition coefficient (Wildman–Crippen LogP) is 9.11. The largest absolute Gasteiger partial charge is 0.420 e. The van der Waals surface area contributed by atoms with Crippen molar-refractivity contribution in [3.63, 3.8) is 0 Å². The molecule has 15 heteroatoms. The second-order valence-corrected chi connectivity index (χ2v) is 20.0. The van der Waals surface area contributed by atoms with E-state index in [1.807, 2.05) is 141 Å². The topological polar surface area (TPSA) is 133 Å². The molecule has 4 aliphatic rings. The SMILES string of the molecule is Cc1ccc2c(c1)C1(C(=O)N2CCCCCCN2C(=O)C3(SCC(=O)N3c3c(C)n(C)n(-c4ccccc4)c3=O)c3ccccc32)c2c(C)nn(-c3ccccc3)c2Oc2c1c(C)nn2-c1ccccc1. The minimum absolute atomic E-state index is 0.0613. The van der Waals surface area contributed by atoms with Gasteiger partial charge in [0.2, 0.25) is 28.4 Å². The molecule has 0 radical (unpaired) electrons. The smallest absolute Gasteiger partial charge is 0.295 e. The van der Waals surface area contributed by atoms with Crippen molar-refractivity contribution in [2.45, 2.75) is 63.7 Å². The monoisotopic (exact) mass is 961 g/mol. The summed E-state index contributed by atoms with van der Waals surface area (Å²) < 4.78 is 13.9. The lowest BCUT2D eigenvalue weighted by Crippen LogP contribution is -2.51. The third-order valence-corrected chi connectivity index (χ3v) is 16.1. The van der Waals surface area contributed by atoms with Crippen molar-refractivity contribution in [3.05, 3.63) is 189 Å². The molecule has 5 aromatic carbocycles. The van der Waals surface area contributed by atoms with Crippen LogP contribution in [-0.4, -0.2) is 65.5 Å². The van der Waals surface area contributed by atoms with Crippen molar-refractivity contribution in [1.82, 2.24) is 28.9 Å². The van der Waals surface area contributed by atoms with E-state index in [1.54, 1.807) is 30.7 Å². The number of fused-ring (bicyclic) bond motifs is 8. The summed E-state index contributed by atoms with van der Waals surface area (Å²) >= 11 is 1.28. The maximum absolute atomic E-state index is 15.9. The number of nitrogens with zero attached hydrogens (tertiary/aromatic N) is 9. The standard InChI is InChI=1S/C56H51N9O5S/c1-35-29-30-45-43(33-35)55(47-36(2)57-63(39-21-11-8-12-22-39)51(47)70-52-48(55)37(3)58-64(52)40-23-13-9-14-24-40)53(68)60(45)31-19-6-7-20-32-61-44-28-18-17-27-42(44)56(54(61)69)62(46(66)34-71-56)49-38(4)59(5)65(50(49)67)41-25-15-10-16-26-41/h8-18,21-30,33H,6-7,19-20,31-32,34H2,1-5H3. The Morgan fingerprint density at radius 1 is 0.592 bits per heavy atom. The number of thioether (sulfide) groups is 1. The van der Waals surface area contributed by atoms with E-state index in [1.165, 1.54) is 16.7 Å². The average molecular weight is 962 g/mol. The first kappa shape index (κ1) is 44.3. The summed E-state index contributed by atoms with van der Waals surface area (Å²) in [6.45, 7) is 8.68. The van der Waals surface area contributed by atoms with Gasteiger partial charge in [-0.05, 0) is 89.1 Å². The molecule has 0 bridgehead atoms. The number of hydrogen-bond donors (Lipinski definition) is 0. The maximum atomic E-state index is 15.9. The van der Waals surface area contributed by atoms with Crippen LogP contribution in [0.25, 0.3) is 17.1 Å². The van der Waals surface area contributed by atoms with Crippen LogP contribution in [0.4, 0.5) is 17.1 Å². The second-order valence-electron chi connectivity index (χ2n) is 18.8. The summed E-state index contributed by atoms with van der Waals surface area (Å²) in [7, 11) is 1.79. The van der Waals surface area contributed by atoms with Gasteiger partial charge in [0.15, 0.2) is 0 Å². The number of carbonyl (C=O) groups is 3. The first-order chi connectivity index (χ1) is 34.5. The fourth-order valence-corrected chi connectivity index (χ4v) is 12.9. The Hall–Kier alpha value is -7.91. The summed E-state index contributed by atoms with van der Waals surface area (Å²) in [6.07, 6.45) is 2.98. The van der Waals surface area contributed by atoms with Crippen LogP contribution < -0.4 is 25.0 Å². The molecule has 356 valence electrons. The molecule has 12 rings (SSSR count). The van der Waals surface area contributed by atoms with Crippen LogP contribution in [0.1, 0.15) is 70.6 Å². The highest BCUT2D eigenvalue weighted by molar-refractivity contribution is 8.02. The third kappa shape index (κ3) is 6.27. The maximum Gasteiger partial charge on any atom is 0.295 e. The van der Waals surface area contributed by atoms with E-state index in [9.17, 15) is 9.59 Å². The molecular weight excluding hydrogens is 911 g/mol. The molecule has 0 N–H and O–H groups in total. The van der Waals surface area contributed by atoms with Crippen molar-refractivity contribution in [2.24, 2.45) is 7.05 Å². The number of benzene rings is 5. The number of amides is 3. The summed E-state index contributed by atoms with van der Waals surface area (Å²) in [4.78, 5) is 63.2. The Balaban J connectivity index is 0.825. The van der Waals surface area contributed by atoms with Gasteiger partial charge in [-0.15, -0.1) is 11.8 Å². The quantitative estimate of drug-likeness (QED) is 0.117. The minimum Gasteiger partial charge on any atom is -0.420 e. The molecule has 7 heterocycles. The zero-order chi connectivity index (χ0) is 48.9. The van der Waals surface area contributed by atoms with E-state index in [4.69, 9.17) is 14.9 Å². The number of para-hydroxylation sites is 4. The highest BCUT2D eigenvalue weighted by Crippen LogP contribution is 2.61. The Morgan fingerprint density at radius 2 is 1.11 bits per heavy atom. The van der Waals surface area contributed by atoms with Gasteiger partial charge >= 0.3 is 0 Å². The van der Waals surface area contributed by atoms with Gasteiger partial charge in [0.25, 0.3) is 11.5 Å². The van der Waals surface area contributed by atoms with Crippen molar-refractivity contribution < 1.29 is 19.1 Å². The van der Waals surface area contributed by atoms with E-state index in [0.29, 0.717) is 77.2 Å². The van der Waals surface area contributed by atoms with Crippen LogP contribution >= 0.6 is 11.8 Å². The molecule has 2 spiro atoms. The number of aryl methyl sites for hydroxylation is 3. The second kappa shape index (κ2) is 16.6. The molecule has 1 unspecified atom stereocenters. The van der Waals surface area contributed by atoms with Crippen molar-refractivity contribution in [2.75, 3.05) is 33.5 Å². The van der Waals surface area contributed by atoms with Crippen molar-refractivity contribution in [1.29, 1.82) is 0 Å². The van der Waals surface area contributed by atoms with Crippen molar-refractivity contribution >= 4 is 46.5 Å². The first-order valence-electron chi connectivity index (χ1n) is 24.1. The predicted molar refractivity (Wildman–Crippen MR) is 275 cm³/mol. The molecule has 3 aromatic heterocycles. The Bertz CT molecular complexity index is 3450. The first-order valence-corrected chi connectivity index (χ1v) is 25.1. The number of anilines is 3. The molecule has 4 aliphatic heterocycles. The fourth-order valence-electron chi connectivity index (χ4n) is 11.5. The van der Waals surface area contributed by atoms with Crippen LogP contribution in [-0.2, 0) is 31.7 Å². The van der Waals surface area contributed by atoms with Gasteiger partial charge < -0.3 is 14.5 Å². The van der Waals surface area contributed by atoms with Crippen LogP contribution in [0.15, 0.2) is 138 Å². The van der Waals surface area contributed by atoms with Gasteiger partial charge in [0.05, 0.1) is 56.7 Å². The van der Waals surface area contributed by atoms with Gasteiger partial charge in [0.1, 0.15) is 11.1 Å². The Kier molecular flexibility index (Phi) is 10.4. The van der Waals surface area contributed by atoms with Gasteiger partial charge in [-0.3, -0.25) is 28.8 Å². The molecule has 0 aliphatic carbocycles. The van der Waals surface area contributed by atoms with E-state index < -0.39 is 10.3 Å². The van der Waals surface area contributed by atoms with E-state index >= 15 is 9.59 Å². The zero-order valence-corrected chi connectivity index (χ0v) is 40.9. The molecule has 71 heavy (non-hydrogen) atoms. The summed E-state index contributed by atoms with van der Waals surface area (Å²) in [6, 6.07) is 42.9. The normalized spacial score (nSPS) is 17.4. The molecular formula is C56H51N9O5S. The van der Waals surface area contributed by atoms with E-state index in [2.05, 4.69) is 25.1 Å². The van der Waals surface area contributed by atoms with Crippen LogP contribution in [0.2, 0.25) is 0 Å². The summed E-state index contributed by atoms with van der Waals surface area (Å²) in [5.41, 5.74) is 8.44. The fraction of sp³-hybridized carbons (Fsp3) is 0.250. The van der Waals surface area contributed by atoms with Crippen molar-refractivity contribution in [3.8, 4) is 28.8 Å². The van der Waals surface area contributed by atoms with Crippen LogP contribution in [0.5, 0.6) is 11.8 Å². The lowest BCUT2D eigenvalue weighted by atomic mass is 9.68. The van der Waals surface area contributed by atoms with Gasteiger partial charge in [-0.25, -0.2) is 14.0 Å². The number of aromatic nitrogens is 6. The number of hydrogen-bond acceptors (Lipinski definition) is 8. The molecule has 1 atom stereocenters. The summed E-state index contributed by atoms with van der Waals surface area (Å²) in [5.74, 6) is 0.438. The summed E-state index contributed by atoms with van der Waals surface area (Å²) in [5, 5.41) is 10.2. The number of ether oxygens (including phenoxy) is 1. The highest BCUT2D eigenvalue weighted by Gasteiger charge is 2.63. The number of rotatable bonds is 11. The molecule has 3 amide bonds. The third-order valence-electron chi connectivity index (χ3n) is 14.7. The lowest BCUT2D eigenvalue weighted by molar-refractivity contribution is -0.123. The molecule has 14 nitrogen and oxygen atoms in total. The zero-order valence-electron chi connectivity index (χ0n) is 40.1. The highest BCUT2D eigenvalue weighted by atomic mass is 32.2. The Labute approximate surface area is 414 Å². The van der Waals surface area contributed by atoms with Gasteiger partial charge in [0, 0.05) is 37.0 Å². The van der Waals surface area contributed by atoms with Crippen LogP contribution in [0, 0.1) is 27.7 Å². The van der Waals surface area contributed by atoms with Crippen LogP contribution in [0.3, 0.4) is 0 Å². The molecule has 1 fully saturated rings. The van der Waals surface area contributed by atoms with Gasteiger partial charge in [-0.2, -0.15) is 10.2 Å². The molecule has 1 saturated heterocycles. The average Bonchev–Trinajstić information content (AvgIpc) is 4.18. The number of carbonyl (C=O) groups excluding carboxylic acids is 3. The lowest BCUT2D eigenvalue weighted by Gasteiger charge is -2.34. The van der Waals surface area contributed by atoms with E-state index in [0.717, 1.165) is 46.7 Å². The Morgan fingerprint density at radius 3 is 1.70 bits per heavy atom. The van der Waals surface area contributed by atoms with E-state index in [-0.39, 0.29) is 34.7 Å². The molecule has 0 saturated carbocycles.